The van der Waals surface area contributed by atoms with Crippen LogP contribution in [0.4, 0.5) is 0 Å². The summed E-state index contributed by atoms with van der Waals surface area (Å²) in [7, 11) is 0. The van der Waals surface area contributed by atoms with Crippen LogP contribution in [0.5, 0.6) is 0 Å². The molecular weight excluding hydrogens is 264 g/mol. The first-order valence-corrected chi connectivity index (χ1v) is 7.43. The van der Waals surface area contributed by atoms with Gasteiger partial charge in [-0.15, -0.1) is 0 Å². The normalized spacial score (nSPS) is 19.0. The van der Waals surface area contributed by atoms with Gasteiger partial charge in [0.15, 0.2) is 0 Å². The zero-order valence-electron chi connectivity index (χ0n) is 12.0. The zero-order chi connectivity index (χ0) is 14.5. The summed E-state index contributed by atoms with van der Waals surface area (Å²) in [6.45, 7) is 1.51. The Morgan fingerprint density at radius 3 is 2.90 bits per heavy atom. The summed E-state index contributed by atoms with van der Waals surface area (Å²) in [5, 5.41) is 10.5. The van der Waals surface area contributed by atoms with Crippen LogP contribution >= 0.6 is 0 Å². The molecule has 2 heterocycles. The van der Waals surface area contributed by atoms with E-state index in [1.165, 1.54) is 5.56 Å². The standard InChI is InChI=1S/C16H20N4O/c21-16-15(4-1-2-9-17-16)18-12-13-5-7-14(8-6-13)20-11-3-10-19-20/h3,5-8,10-11,15,18H,1-2,4,9,12H2,(H,17,21). The average Bonchev–Trinajstić information content (AvgIpc) is 2.97. The second-order valence-electron chi connectivity index (χ2n) is 5.34. The maximum atomic E-state index is 11.9. The van der Waals surface area contributed by atoms with Crippen LogP contribution in [0.1, 0.15) is 24.8 Å². The number of carbonyl (C=O) groups is 1. The van der Waals surface area contributed by atoms with E-state index in [9.17, 15) is 4.79 Å². The van der Waals surface area contributed by atoms with Crippen molar-refractivity contribution in [2.45, 2.75) is 31.8 Å². The molecule has 1 aromatic carbocycles. The van der Waals surface area contributed by atoms with E-state index >= 15 is 0 Å². The summed E-state index contributed by atoms with van der Waals surface area (Å²) in [4.78, 5) is 11.9. The molecule has 1 unspecified atom stereocenters. The lowest BCUT2D eigenvalue weighted by Crippen LogP contribution is -2.42. The highest BCUT2D eigenvalue weighted by Gasteiger charge is 2.19. The minimum atomic E-state index is -0.0710. The van der Waals surface area contributed by atoms with Gasteiger partial charge in [-0.05, 0) is 43.0 Å². The number of rotatable bonds is 4. The molecule has 21 heavy (non-hydrogen) atoms. The highest BCUT2D eigenvalue weighted by molar-refractivity contribution is 5.81. The van der Waals surface area contributed by atoms with Gasteiger partial charge in [0, 0.05) is 25.5 Å². The fourth-order valence-corrected chi connectivity index (χ4v) is 2.56. The number of hydrogen-bond acceptors (Lipinski definition) is 3. The largest absolute Gasteiger partial charge is 0.355 e. The predicted octanol–water partition coefficient (Wildman–Crippen LogP) is 1.63. The van der Waals surface area contributed by atoms with E-state index in [4.69, 9.17) is 0 Å². The molecular formula is C16H20N4O. The molecule has 1 aliphatic rings. The van der Waals surface area contributed by atoms with E-state index in [-0.39, 0.29) is 11.9 Å². The van der Waals surface area contributed by atoms with Crippen LogP contribution in [-0.2, 0) is 11.3 Å². The molecule has 0 aliphatic carbocycles. The summed E-state index contributed by atoms with van der Waals surface area (Å²) in [5.41, 5.74) is 2.21. The van der Waals surface area contributed by atoms with E-state index in [1.807, 2.05) is 29.1 Å². The van der Waals surface area contributed by atoms with E-state index < -0.39 is 0 Å². The van der Waals surface area contributed by atoms with Crippen molar-refractivity contribution in [2.75, 3.05) is 6.54 Å². The number of hydrogen-bond donors (Lipinski definition) is 2. The topological polar surface area (TPSA) is 59.0 Å². The third kappa shape index (κ3) is 3.49. The van der Waals surface area contributed by atoms with Crippen LogP contribution in [-0.4, -0.2) is 28.3 Å². The first-order chi connectivity index (χ1) is 10.3. The second-order valence-corrected chi connectivity index (χ2v) is 5.34. The van der Waals surface area contributed by atoms with Crippen LogP contribution in [0.15, 0.2) is 42.7 Å². The molecule has 3 rings (SSSR count). The van der Waals surface area contributed by atoms with Crippen molar-refractivity contribution in [1.82, 2.24) is 20.4 Å². The maximum absolute atomic E-state index is 11.9. The van der Waals surface area contributed by atoms with Crippen molar-refractivity contribution >= 4 is 5.91 Å². The van der Waals surface area contributed by atoms with E-state index in [0.717, 1.165) is 31.5 Å². The van der Waals surface area contributed by atoms with Gasteiger partial charge in [0.1, 0.15) is 0 Å². The fourth-order valence-electron chi connectivity index (χ4n) is 2.56. The van der Waals surface area contributed by atoms with E-state index in [1.54, 1.807) is 6.20 Å². The van der Waals surface area contributed by atoms with Crippen molar-refractivity contribution in [3.05, 3.63) is 48.3 Å². The lowest BCUT2D eigenvalue weighted by Gasteiger charge is -2.15. The number of aromatic nitrogens is 2. The number of benzene rings is 1. The Kier molecular flexibility index (Phi) is 4.31. The summed E-state index contributed by atoms with van der Waals surface area (Å²) < 4.78 is 1.83. The Bertz CT molecular complexity index is 577. The molecule has 1 aromatic heterocycles. The quantitative estimate of drug-likeness (QED) is 0.897. The average molecular weight is 284 g/mol. The SMILES string of the molecule is O=C1NCCCCC1NCc1ccc(-n2cccn2)cc1. The molecule has 1 aliphatic heterocycles. The molecule has 0 radical (unpaired) electrons. The molecule has 5 nitrogen and oxygen atoms in total. The van der Waals surface area contributed by atoms with Crippen molar-refractivity contribution in [3.63, 3.8) is 0 Å². The van der Waals surface area contributed by atoms with Crippen molar-refractivity contribution < 1.29 is 4.79 Å². The summed E-state index contributed by atoms with van der Waals surface area (Å²) >= 11 is 0. The van der Waals surface area contributed by atoms with Gasteiger partial charge in [-0.25, -0.2) is 4.68 Å². The summed E-state index contributed by atoms with van der Waals surface area (Å²) in [6.07, 6.45) is 6.76. The third-order valence-electron chi connectivity index (χ3n) is 3.79. The molecule has 1 atom stereocenters. The Morgan fingerprint density at radius 2 is 2.14 bits per heavy atom. The third-order valence-corrected chi connectivity index (χ3v) is 3.79. The number of nitrogens with zero attached hydrogens (tertiary/aromatic N) is 2. The molecule has 1 saturated heterocycles. The summed E-state index contributed by atoms with van der Waals surface area (Å²) in [5.74, 6) is 0.126. The smallest absolute Gasteiger partial charge is 0.237 e. The minimum Gasteiger partial charge on any atom is -0.355 e. The molecule has 0 spiro atoms. The van der Waals surface area contributed by atoms with Gasteiger partial charge in [-0.2, -0.15) is 5.10 Å². The molecule has 1 fully saturated rings. The molecule has 0 saturated carbocycles. The first kappa shape index (κ1) is 13.8. The van der Waals surface area contributed by atoms with Gasteiger partial charge in [0.25, 0.3) is 0 Å². The predicted molar refractivity (Wildman–Crippen MR) is 81.1 cm³/mol. The van der Waals surface area contributed by atoms with Gasteiger partial charge < -0.3 is 10.6 Å². The Labute approximate surface area is 124 Å². The van der Waals surface area contributed by atoms with Crippen LogP contribution in [0, 0.1) is 0 Å². The molecule has 0 bridgehead atoms. The lowest BCUT2D eigenvalue weighted by molar-refractivity contribution is -0.122. The minimum absolute atomic E-state index is 0.0710. The molecule has 2 N–H and O–H groups in total. The Morgan fingerprint density at radius 1 is 1.29 bits per heavy atom. The highest BCUT2D eigenvalue weighted by Crippen LogP contribution is 2.10. The molecule has 1 amide bonds. The van der Waals surface area contributed by atoms with Crippen molar-refractivity contribution in [2.24, 2.45) is 0 Å². The fraction of sp³-hybridized carbons (Fsp3) is 0.375. The van der Waals surface area contributed by atoms with Gasteiger partial charge in [0.2, 0.25) is 5.91 Å². The second kappa shape index (κ2) is 6.54. The number of amides is 1. The van der Waals surface area contributed by atoms with Crippen molar-refractivity contribution in [3.8, 4) is 5.69 Å². The number of carbonyl (C=O) groups excluding carboxylic acids is 1. The molecule has 110 valence electrons. The summed E-state index contributed by atoms with van der Waals surface area (Å²) in [6, 6.07) is 10.0. The van der Waals surface area contributed by atoms with Gasteiger partial charge in [0.05, 0.1) is 11.7 Å². The molecule has 2 aromatic rings. The van der Waals surface area contributed by atoms with Crippen LogP contribution in [0.3, 0.4) is 0 Å². The highest BCUT2D eigenvalue weighted by atomic mass is 16.2. The van der Waals surface area contributed by atoms with Crippen LogP contribution < -0.4 is 10.6 Å². The van der Waals surface area contributed by atoms with E-state index in [0.29, 0.717) is 6.54 Å². The van der Waals surface area contributed by atoms with Crippen LogP contribution in [0.25, 0.3) is 5.69 Å². The monoisotopic (exact) mass is 284 g/mol. The Hall–Kier alpha value is -2.14. The zero-order valence-corrected chi connectivity index (χ0v) is 12.0. The van der Waals surface area contributed by atoms with Crippen LogP contribution in [0.2, 0.25) is 0 Å². The van der Waals surface area contributed by atoms with Gasteiger partial charge in [-0.1, -0.05) is 12.1 Å². The number of nitrogens with one attached hydrogen (secondary N) is 2. The Balaban J connectivity index is 1.59. The van der Waals surface area contributed by atoms with Gasteiger partial charge >= 0.3 is 0 Å². The lowest BCUT2D eigenvalue weighted by atomic mass is 10.1. The van der Waals surface area contributed by atoms with Gasteiger partial charge in [-0.3, -0.25) is 4.79 Å². The maximum Gasteiger partial charge on any atom is 0.237 e. The first-order valence-electron chi connectivity index (χ1n) is 7.43. The van der Waals surface area contributed by atoms with E-state index in [2.05, 4.69) is 27.9 Å². The van der Waals surface area contributed by atoms with Crippen molar-refractivity contribution in [1.29, 1.82) is 0 Å². The molecule has 5 heteroatoms.